The zero-order valence-corrected chi connectivity index (χ0v) is 13.4. The van der Waals surface area contributed by atoms with Gasteiger partial charge in [0.2, 0.25) is 0 Å². The fourth-order valence-corrected chi connectivity index (χ4v) is 3.03. The van der Waals surface area contributed by atoms with E-state index in [-0.39, 0.29) is 0 Å². The van der Waals surface area contributed by atoms with Gasteiger partial charge in [-0.05, 0) is 43.5 Å². The molecule has 2 aromatic heterocycles. The van der Waals surface area contributed by atoms with Gasteiger partial charge in [-0.3, -0.25) is 0 Å². The third-order valence-electron chi connectivity index (χ3n) is 3.68. The molecule has 0 aromatic carbocycles. The maximum absolute atomic E-state index is 4.60. The Hall–Kier alpha value is -1.39. The van der Waals surface area contributed by atoms with Gasteiger partial charge in [0.25, 0.3) is 0 Å². The molecule has 2 heterocycles. The van der Waals surface area contributed by atoms with Crippen molar-refractivity contribution in [2.45, 2.75) is 32.9 Å². The van der Waals surface area contributed by atoms with E-state index in [0.29, 0.717) is 12.1 Å². The Morgan fingerprint density at radius 3 is 2.65 bits per heavy atom. The van der Waals surface area contributed by atoms with Crippen molar-refractivity contribution in [1.82, 2.24) is 10.3 Å². The third-order valence-corrected chi connectivity index (χ3v) is 4.72. The number of nitrogens with zero attached hydrogens (tertiary/aromatic N) is 2. The van der Waals surface area contributed by atoms with E-state index < -0.39 is 0 Å². The molecular weight excluding hydrogens is 266 g/mol. The van der Waals surface area contributed by atoms with Gasteiger partial charge in [0.05, 0.1) is 6.04 Å². The second-order valence-electron chi connectivity index (χ2n) is 5.03. The molecule has 0 spiro atoms. The molecule has 2 aromatic rings. The first-order valence-corrected chi connectivity index (χ1v) is 7.97. The summed E-state index contributed by atoms with van der Waals surface area (Å²) in [5, 5.41) is 5.52. The molecule has 2 unspecified atom stereocenters. The number of nitrogens with one attached hydrogen (secondary N) is 1. The monoisotopic (exact) mass is 289 g/mol. The molecule has 0 saturated carbocycles. The Kier molecular flexibility index (Phi) is 5.15. The number of anilines is 1. The minimum absolute atomic E-state index is 0.347. The van der Waals surface area contributed by atoms with Crippen molar-refractivity contribution in [2.24, 2.45) is 0 Å². The first-order chi connectivity index (χ1) is 9.63. The lowest BCUT2D eigenvalue weighted by molar-refractivity contribution is 0.596. The van der Waals surface area contributed by atoms with Crippen LogP contribution in [0.2, 0.25) is 0 Å². The van der Waals surface area contributed by atoms with Crippen LogP contribution in [0.25, 0.3) is 0 Å². The molecular formula is C16H23N3S. The first-order valence-electron chi connectivity index (χ1n) is 7.09. The van der Waals surface area contributed by atoms with E-state index in [1.54, 1.807) is 11.3 Å². The molecule has 2 rings (SSSR count). The molecule has 0 aliphatic heterocycles. The summed E-state index contributed by atoms with van der Waals surface area (Å²) < 4.78 is 0. The minimum atomic E-state index is 0.347. The molecule has 0 saturated heterocycles. The number of aromatic nitrogens is 1. The largest absolute Gasteiger partial charge is 0.352 e. The summed E-state index contributed by atoms with van der Waals surface area (Å²) in [4.78, 5) is 8.18. The molecule has 0 aliphatic carbocycles. The molecule has 108 valence electrons. The summed E-state index contributed by atoms with van der Waals surface area (Å²) in [6, 6.07) is 9.23. The number of thiophene rings is 1. The van der Waals surface area contributed by atoms with Crippen molar-refractivity contribution >= 4 is 17.2 Å². The summed E-state index contributed by atoms with van der Waals surface area (Å²) in [5.41, 5.74) is 1.23. The van der Waals surface area contributed by atoms with E-state index in [1.165, 1.54) is 10.4 Å². The number of hydrogen-bond acceptors (Lipinski definition) is 4. The lowest BCUT2D eigenvalue weighted by Gasteiger charge is -2.25. The van der Waals surface area contributed by atoms with Gasteiger partial charge < -0.3 is 10.2 Å². The average molecular weight is 289 g/mol. The lowest BCUT2D eigenvalue weighted by Crippen LogP contribution is -2.22. The molecule has 3 nitrogen and oxygen atoms in total. The topological polar surface area (TPSA) is 28.2 Å². The van der Waals surface area contributed by atoms with Gasteiger partial charge in [0, 0.05) is 24.2 Å². The normalized spacial score (nSPS) is 14.0. The van der Waals surface area contributed by atoms with E-state index in [0.717, 1.165) is 12.4 Å². The smallest absolute Gasteiger partial charge is 0.128 e. The molecule has 0 radical (unpaired) electrons. The summed E-state index contributed by atoms with van der Waals surface area (Å²) in [6.07, 6.45) is 1.97. The summed E-state index contributed by atoms with van der Waals surface area (Å²) >= 11 is 1.79. The van der Waals surface area contributed by atoms with Crippen molar-refractivity contribution < 1.29 is 0 Å². The Morgan fingerprint density at radius 2 is 2.10 bits per heavy atom. The molecule has 2 atom stereocenters. The highest BCUT2D eigenvalue weighted by atomic mass is 32.1. The highest BCUT2D eigenvalue weighted by molar-refractivity contribution is 7.10. The molecule has 0 amide bonds. The van der Waals surface area contributed by atoms with E-state index in [2.05, 4.69) is 72.7 Å². The van der Waals surface area contributed by atoms with Gasteiger partial charge in [-0.15, -0.1) is 11.3 Å². The van der Waals surface area contributed by atoms with Gasteiger partial charge in [-0.2, -0.15) is 0 Å². The van der Waals surface area contributed by atoms with Crippen molar-refractivity contribution in [3.05, 3.63) is 46.3 Å². The summed E-state index contributed by atoms with van der Waals surface area (Å²) in [6.45, 7) is 7.47. The first kappa shape index (κ1) is 15.0. The van der Waals surface area contributed by atoms with Crippen LogP contribution in [-0.4, -0.2) is 18.6 Å². The van der Waals surface area contributed by atoms with E-state index >= 15 is 0 Å². The fourth-order valence-electron chi connectivity index (χ4n) is 2.20. The standard InChI is InChI=1S/C16H23N3S/c1-5-17-12(2)14-8-9-16(18-11-14)19(4)13(3)15-7-6-10-20-15/h6-13,17H,5H2,1-4H3. The highest BCUT2D eigenvalue weighted by Gasteiger charge is 2.14. The van der Waals surface area contributed by atoms with Gasteiger partial charge in [-0.25, -0.2) is 4.98 Å². The zero-order chi connectivity index (χ0) is 14.5. The minimum Gasteiger partial charge on any atom is -0.352 e. The lowest BCUT2D eigenvalue weighted by atomic mass is 10.1. The van der Waals surface area contributed by atoms with Gasteiger partial charge in [0.1, 0.15) is 5.82 Å². The molecule has 4 heteroatoms. The van der Waals surface area contributed by atoms with E-state index in [1.807, 2.05) is 6.20 Å². The maximum atomic E-state index is 4.60. The van der Waals surface area contributed by atoms with Crippen LogP contribution >= 0.6 is 11.3 Å². The highest BCUT2D eigenvalue weighted by Crippen LogP contribution is 2.27. The Labute approximate surface area is 125 Å². The molecule has 1 N–H and O–H groups in total. The SMILES string of the molecule is CCNC(C)c1ccc(N(C)C(C)c2cccs2)nc1. The predicted octanol–water partition coefficient (Wildman–Crippen LogP) is 4.01. The maximum Gasteiger partial charge on any atom is 0.128 e. The quantitative estimate of drug-likeness (QED) is 0.871. The number of pyridine rings is 1. The third kappa shape index (κ3) is 3.38. The molecule has 20 heavy (non-hydrogen) atoms. The molecule has 0 bridgehead atoms. The Bertz CT molecular complexity index is 507. The van der Waals surface area contributed by atoms with Crippen LogP contribution in [0.15, 0.2) is 35.8 Å². The Morgan fingerprint density at radius 1 is 1.30 bits per heavy atom. The predicted molar refractivity (Wildman–Crippen MR) is 87.5 cm³/mol. The number of hydrogen-bond donors (Lipinski definition) is 1. The van der Waals surface area contributed by atoms with Crippen molar-refractivity contribution in [3.63, 3.8) is 0 Å². The Balaban J connectivity index is 2.09. The molecule has 0 aliphatic rings. The van der Waals surface area contributed by atoms with Crippen LogP contribution < -0.4 is 10.2 Å². The van der Waals surface area contributed by atoms with Gasteiger partial charge >= 0.3 is 0 Å². The molecule has 0 fully saturated rings. The summed E-state index contributed by atoms with van der Waals surface area (Å²) in [7, 11) is 2.10. The van der Waals surface area contributed by atoms with Crippen LogP contribution in [0.4, 0.5) is 5.82 Å². The van der Waals surface area contributed by atoms with Gasteiger partial charge in [0.15, 0.2) is 0 Å². The van der Waals surface area contributed by atoms with Crippen LogP contribution in [0.1, 0.15) is 43.3 Å². The second-order valence-corrected chi connectivity index (χ2v) is 6.01. The van der Waals surface area contributed by atoms with Crippen molar-refractivity contribution in [3.8, 4) is 0 Å². The van der Waals surface area contributed by atoms with E-state index in [4.69, 9.17) is 0 Å². The van der Waals surface area contributed by atoms with Crippen molar-refractivity contribution in [1.29, 1.82) is 0 Å². The van der Waals surface area contributed by atoms with Crippen LogP contribution in [0.5, 0.6) is 0 Å². The zero-order valence-electron chi connectivity index (χ0n) is 12.6. The summed E-state index contributed by atoms with van der Waals surface area (Å²) in [5.74, 6) is 1.01. The second kappa shape index (κ2) is 6.86. The van der Waals surface area contributed by atoms with Gasteiger partial charge in [-0.1, -0.05) is 19.1 Å². The number of rotatable bonds is 6. The average Bonchev–Trinajstić information content (AvgIpc) is 3.00. The van der Waals surface area contributed by atoms with Crippen molar-refractivity contribution in [2.75, 3.05) is 18.5 Å². The van der Waals surface area contributed by atoms with Crippen LogP contribution in [0, 0.1) is 0 Å². The van der Waals surface area contributed by atoms with Crippen LogP contribution in [-0.2, 0) is 0 Å². The van der Waals surface area contributed by atoms with Crippen LogP contribution in [0.3, 0.4) is 0 Å². The van der Waals surface area contributed by atoms with E-state index in [9.17, 15) is 0 Å². The fraction of sp³-hybridized carbons (Fsp3) is 0.438.